The zero-order chi connectivity index (χ0) is 20.1. The number of nitrogens with two attached hydrogens (primary N) is 1. The predicted octanol–water partition coefficient (Wildman–Crippen LogP) is 3.05. The van der Waals surface area contributed by atoms with Crippen LogP contribution in [0.5, 0.6) is 5.75 Å². The van der Waals surface area contributed by atoms with Crippen LogP contribution in [0.3, 0.4) is 0 Å². The van der Waals surface area contributed by atoms with Gasteiger partial charge < -0.3 is 20.7 Å². The molecule has 1 aliphatic heterocycles. The van der Waals surface area contributed by atoms with Gasteiger partial charge in [0.1, 0.15) is 5.75 Å². The first-order valence-corrected chi connectivity index (χ1v) is 10.4. The van der Waals surface area contributed by atoms with E-state index in [4.69, 9.17) is 10.5 Å². The van der Waals surface area contributed by atoms with Crippen LogP contribution in [0.1, 0.15) is 56.6 Å². The summed E-state index contributed by atoms with van der Waals surface area (Å²) in [7, 11) is 3.41. The number of carbonyl (C=O) groups is 2. The van der Waals surface area contributed by atoms with Gasteiger partial charge in [-0.15, -0.1) is 12.4 Å². The number of methoxy groups -OCH3 is 1. The highest BCUT2D eigenvalue weighted by molar-refractivity contribution is 5.85. The van der Waals surface area contributed by atoms with Crippen LogP contribution in [-0.2, 0) is 9.59 Å². The Labute approximate surface area is 179 Å². The number of benzene rings is 1. The monoisotopic (exact) mass is 423 g/mol. The van der Waals surface area contributed by atoms with Gasteiger partial charge in [0.15, 0.2) is 0 Å². The van der Waals surface area contributed by atoms with Gasteiger partial charge in [-0.3, -0.25) is 9.59 Å². The first-order valence-electron chi connectivity index (χ1n) is 10.4. The van der Waals surface area contributed by atoms with Crippen molar-refractivity contribution < 1.29 is 14.3 Å². The Morgan fingerprint density at radius 1 is 1.21 bits per heavy atom. The molecule has 1 aliphatic carbocycles. The zero-order valence-electron chi connectivity index (χ0n) is 17.4. The minimum atomic E-state index is -0.270. The maximum Gasteiger partial charge on any atom is 0.225 e. The largest absolute Gasteiger partial charge is 0.497 e. The third kappa shape index (κ3) is 5.43. The molecule has 1 aromatic carbocycles. The predicted molar refractivity (Wildman–Crippen MR) is 116 cm³/mol. The van der Waals surface area contributed by atoms with E-state index in [1.807, 2.05) is 24.3 Å². The highest BCUT2D eigenvalue weighted by atomic mass is 35.5. The minimum Gasteiger partial charge on any atom is -0.497 e. The smallest absolute Gasteiger partial charge is 0.225 e. The van der Waals surface area contributed by atoms with E-state index in [-0.39, 0.29) is 42.2 Å². The highest BCUT2D eigenvalue weighted by Gasteiger charge is 2.39. The summed E-state index contributed by atoms with van der Waals surface area (Å²) in [5, 5.41) is 3.24. The summed E-state index contributed by atoms with van der Waals surface area (Å²) in [5.41, 5.74) is 6.97. The molecule has 0 spiro atoms. The van der Waals surface area contributed by atoms with Crippen LogP contribution in [0.4, 0.5) is 0 Å². The van der Waals surface area contributed by atoms with Crippen molar-refractivity contribution in [2.75, 3.05) is 20.7 Å². The van der Waals surface area contributed by atoms with Gasteiger partial charge in [-0.1, -0.05) is 31.4 Å². The number of rotatable bonds is 6. The number of amides is 2. The van der Waals surface area contributed by atoms with Crippen molar-refractivity contribution in [1.82, 2.24) is 10.2 Å². The molecule has 6 nitrogen and oxygen atoms in total. The Bertz CT molecular complexity index is 676. The highest BCUT2D eigenvalue weighted by Crippen LogP contribution is 2.37. The Morgan fingerprint density at radius 3 is 2.45 bits per heavy atom. The molecule has 1 aromatic rings. The lowest BCUT2D eigenvalue weighted by Crippen LogP contribution is -2.52. The number of nitrogens with one attached hydrogen (secondary N) is 1. The average Bonchev–Trinajstić information content (AvgIpc) is 2.74. The van der Waals surface area contributed by atoms with Gasteiger partial charge in [0, 0.05) is 26.1 Å². The van der Waals surface area contributed by atoms with Crippen LogP contribution in [0.15, 0.2) is 24.3 Å². The Morgan fingerprint density at radius 2 is 1.86 bits per heavy atom. The van der Waals surface area contributed by atoms with E-state index in [9.17, 15) is 9.59 Å². The molecule has 0 radical (unpaired) electrons. The Kier molecular flexibility index (Phi) is 8.78. The molecule has 2 aliphatic rings. The van der Waals surface area contributed by atoms with Gasteiger partial charge in [0.2, 0.25) is 11.8 Å². The van der Waals surface area contributed by atoms with Crippen LogP contribution in [0, 0.1) is 11.8 Å². The standard InChI is InChI=1S/C22H33N3O3.ClH/c1-25-20(26)13-12-18(21(25)16-8-10-17(28-2)11-9-16)22(27)24-19(14-23)15-6-4-3-5-7-15;/h8-11,15,18-19,21H,3-7,12-14,23H2,1-2H3,(H,24,27);1H. The number of piperidine rings is 1. The second-order valence-electron chi connectivity index (χ2n) is 8.12. The first kappa shape index (κ1) is 23.5. The summed E-state index contributed by atoms with van der Waals surface area (Å²) in [6, 6.07) is 7.40. The number of carbonyl (C=O) groups excluding carboxylic acids is 2. The second-order valence-corrected chi connectivity index (χ2v) is 8.12. The van der Waals surface area contributed by atoms with E-state index in [0.717, 1.165) is 24.2 Å². The molecular formula is C22H34ClN3O3. The zero-order valence-corrected chi connectivity index (χ0v) is 18.2. The summed E-state index contributed by atoms with van der Waals surface area (Å²) in [6.45, 7) is 0.463. The molecule has 1 heterocycles. The maximum absolute atomic E-state index is 13.2. The van der Waals surface area contributed by atoms with Gasteiger partial charge in [-0.25, -0.2) is 0 Å². The maximum atomic E-state index is 13.2. The van der Waals surface area contributed by atoms with Crippen LogP contribution < -0.4 is 15.8 Å². The lowest BCUT2D eigenvalue weighted by molar-refractivity contribution is -0.142. The summed E-state index contributed by atoms with van der Waals surface area (Å²) in [4.78, 5) is 27.3. The molecule has 0 bridgehead atoms. The Hall–Kier alpha value is -1.79. The molecule has 3 atom stereocenters. The summed E-state index contributed by atoms with van der Waals surface area (Å²) in [6.07, 6.45) is 6.93. The lowest BCUT2D eigenvalue weighted by atomic mass is 9.81. The quantitative estimate of drug-likeness (QED) is 0.736. The van der Waals surface area contributed by atoms with Crippen molar-refractivity contribution >= 4 is 24.2 Å². The van der Waals surface area contributed by atoms with Crippen molar-refractivity contribution in [1.29, 1.82) is 0 Å². The fourth-order valence-electron chi connectivity index (χ4n) is 4.77. The summed E-state index contributed by atoms with van der Waals surface area (Å²) < 4.78 is 5.24. The average molecular weight is 424 g/mol. The number of hydrogen-bond donors (Lipinski definition) is 2. The van der Waals surface area contributed by atoms with E-state index < -0.39 is 0 Å². The van der Waals surface area contributed by atoms with E-state index in [0.29, 0.717) is 25.3 Å². The molecule has 1 saturated carbocycles. The number of hydrogen-bond acceptors (Lipinski definition) is 4. The molecule has 162 valence electrons. The number of halogens is 1. The van der Waals surface area contributed by atoms with Crippen LogP contribution in [0.25, 0.3) is 0 Å². The van der Waals surface area contributed by atoms with Crippen LogP contribution in [0.2, 0.25) is 0 Å². The molecule has 0 aromatic heterocycles. The second kappa shape index (κ2) is 10.8. The molecule has 2 amide bonds. The lowest BCUT2D eigenvalue weighted by Gasteiger charge is -2.40. The minimum absolute atomic E-state index is 0. The van der Waals surface area contributed by atoms with E-state index in [2.05, 4.69) is 5.32 Å². The molecule has 1 saturated heterocycles. The normalized spacial score (nSPS) is 23.8. The first-order chi connectivity index (χ1) is 13.5. The number of nitrogens with zero attached hydrogens (tertiary/aromatic N) is 1. The van der Waals surface area contributed by atoms with Crippen LogP contribution in [-0.4, -0.2) is 43.5 Å². The fraction of sp³-hybridized carbons (Fsp3) is 0.636. The topological polar surface area (TPSA) is 84.7 Å². The fourth-order valence-corrected chi connectivity index (χ4v) is 4.77. The van der Waals surface area contributed by atoms with Crippen molar-refractivity contribution in [2.24, 2.45) is 17.6 Å². The molecule has 3 rings (SSSR count). The summed E-state index contributed by atoms with van der Waals surface area (Å²) >= 11 is 0. The number of ether oxygens (including phenoxy) is 1. The van der Waals surface area contributed by atoms with Gasteiger partial charge in [-0.2, -0.15) is 0 Å². The molecular weight excluding hydrogens is 390 g/mol. The molecule has 3 unspecified atom stereocenters. The van der Waals surface area contributed by atoms with Gasteiger partial charge >= 0.3 is 0 Å². The van der Waals surface area contributed by atoms with E-state index in [1.54, 1.807) is 19.1 Å². The van der Waals surface area contributed by atoms with Gasteiger partial charge in [0.05, 0.1) is 19.1 Å². The third-order valence-electron chi connectivity index (χ3n) is 6.46. The van der Waals surface area contributed by atoms with Crippen LogP contribution >= 0.6 is 12.4 Å². The molecule has 7 heteroatoms. The van der Waals surface area contributed by atoms with Crippen molar-refractivity contribution in [2.45, 2.75) is 57.0 Å². The van der Waals surface area contributed by atoms with Gasteiger partial charge in [0.25, 0.3) is 0 Å². The SMILES string of the molecule is COc1ccc(C2C(C(=O)NC(CN)C3CCCCC3)CCC(=O)N2C)cc1.Cl. The molecule has 2 fully saturated rings. The van der Waals surface area contributed by atoms with Crippen molar-refractivity contribution in [3.8, 4) is 5.75 Å². The summed E-state index contributed by atoms with van der Waals surface area (Å²) in [5.74, 6) is 1.04. The van der Waals surface area contributed by atoms with Crippen molar-refractivity contribution in [3.05, 3.63) is 29.8 Å². The van der Waals surface area contributed by atoms with E-state index in [1.165, 1.54) is 19.3 Å². The van der Waals surface area contributed by atoms with Gasteiger partial charge in [-0.05, 0) is 42.9 Å². The molecule has 29 heavy (non-hydrogen) atoms. The van der Waals surface area contributed by atoms with Crippen molar-refractivity contribution in [3.63, 3.8) is 0 Å². The van der Waals surface area contributed by atoms with E-state index >= 15 is 0 Å². The third-order valence-corrected chi connectivity index (χ3v) is 6.46. The Balaban J connectivity index is 0.00000300. The molecule has 3 N–H and O–H groups in total. The number of likely N-dealkylation sites (tertiary alicyclic amines) is 1.